The van der Waals surface area contributed by atoms with Crippen molar-refractivity contribution >= 4 is 34.0 Å². The molecule has 2 fully saturated rings. The van der Waals surface area contributed by atoms with Gasteiger partial charge in [-0.3, -0.25) is 4.79 Å². The second-order valence-corrected chi connectivity index (χ2v) is 8.25. The minimum atomic E-state index is -0.238. The van der Waals surface area contributed by atoms with Crippen LogP contribution in [0.5, 0.6) is 0 Å². The average Bonchev–Trinajstić information content (AvgIpc) is 2.79. The van der Waals surface area contributed by atoms with E-state index in [0.717, 1.165) is 43.5 Å². The summed E-state index contributed by atoms with van der Waals surface area (Å²) in [7, 11) is 0. The van der Waals surface area contributed by atoms with Gasteiger partial charge in [-0.2, -0.15) is 0 Å². The molecule has 32 heavy (non-hydrogen) atoms. The van der Waals surface area contributed by atoms with Crippen LogP contribution in [-0.4, -0.2) is 71.5 Å². The second kappa shape index (κ2) is 8.71. The van der Waals surface area contributed by atoms with Crippen LogP contribution in [0.25, 0.3) is 10.9 Å². The van der Waals surface area contributed by atoms with Crippen LogP contribution in [0.3, 0.4) is 0 Å². The highest BCUT2D eigenvalue weighted by atomic mass is 16.5. The van der Waals surface area contributed by atoms with Crippen molar-refractivity contribution in [1.29, 1.82) is 0 Å². The number of nitrogens with one attached hydrogen (secondary N) is 2. The summed E-state index contributed by atoms with van der Waals surface area (Å²) in [6.07, 6.45) is 3.36. The van der Waals surface area contributed by atoms with E-state index >= 15 is 0 Å². The number of anilines is 4. The Labute approximate surface area is 185 Å². The number of H-pyrrole nitrogens is 1. The van der Waals surface area contributed by atoms with E-state index in [9.17, 15) is 4.79 Å². The fourth-order valence-corrected chi connectivity index (χ4v) is 4.27. The maximum Gasteiger partial charge on any atom is 0.262 e. The first kappa shape index (κ1) is 20.7. The lowest BCUT2D eigenvalue weighted by Gasteiger charge is -2.36. The molecule has 2 aliphatic rings. The molecule has 0 saturated carbocycles. The van der Waals surface area contributed by atoms with Gasteiger partial charge >= 0.3 is 0 Å². The Morgan fingerprint density at radius 1 is 1.06 bits per heavy atom. The van der Waals surface area contributed by atoms with Gasteiger partial charge in [-0.25, -0.2) is 15.0 Å². The van der Waals surface area contributed by atoms with Crippen molar-refractivity contribution in [2.75, 3.05) is 54.5 Å². The standard InChI is InChI=1S/C22H27N7O3/c1-14-11-29(12-15(2)32-14)19-9-17-20(22(30)25-13-24-17)21(27-19)26-16-3-4-18(23-10-16)28-5-7-31-8-6-28/h3-4,9-10,13-15H,5-8,11-12H2,1-2H3,(H,26,27)(H,24,25,30). The van der Waals surface area contributed by atoms with Crippen molar-refractivity contribution in [2.24, 2.45) is 0 Å². The van der Waals surface area contributed by atoms with Gasteiger partial charge in [-0.05, 0) is 26.0 Å². The molecule has 2 atom stereocenters. The molecule has 5 heterocycles. The van der Waals surface area contributed by atoms with E-state index < -0.39 is 0 Å². The van der Waals surface area contributed by atoms with E-state index in [4.69, 9.17) is 14.5 Å². The van der Waals surface area contributed by atoms with Gasteiger partial charge in [0.25, 0.3) is 5.56 Å². The number of morpholine rings is 2. The zero-order valence-electron chi connectivity index (χ0n) is 18.2. The normalized spacial score (nSPS) is 21.7. The molecular weight excluding hydrogens is 410 g/mol. The Morgan fingerprint density at radius 3 is 2.56 bits per heavy atom. The highest BCUT2D eigenvalue weighted by Gasteiger charge is 2.24. The molecule has 3 aromatic rings. The summed E-state index contributed by atoms with van der Waals surface area (Å²) in [5.41, 5.74) is 1.10. The number of ether oxygens (including phenoxy) is 2. The van der Waals surface area contributed by atoms with Crippen LogP contribution in [0.4, 0.5) is 23.1 Å². The van der Waals surface area contributed by atoms with Gasteiger partial charge in [0.1, 0.15) is 22.8 Å². The van der Waals surface area contributed by atoms with Gasteiger partial charge in [0.15, 0.2) is 0 Å². The third-order valence-corrected chi connectivity index (χ3v) is 5.70. The zero-order chi connectivity index (χ0) is 22.1. The number of aromatic nitrogens is 4. The fourth-order valence-electron chi connectivity index (χ4n) is 4.27. The van der Waals surface area contributed by atoms with E-state index in [1.165, 1.54) is 6.33 Å². The van der Waals surface area contributed by atoms with E-state index in [1.807, 2.05) is 32.0 Å². The molecule has 10 nitrogen and oxygen atoms in total. The van der Waals surface area contributed by atoms with Gasteiger partial charge in [0, 0.05) is 32.2 Å². The fraction of sp³-hybridized carbons (Fsp3) is 0.455. The summed E-state index contributed by atoms with van der Waals surface area (Å²) < 4.78 is 11.3. The molecule has 2 aliphatic heterocycles. The monoisotopic (exact) mass is 437 g/mol. The van der Waals surface area contributed by atoms with Gasteiger partial charge in [-0.15, -0.1) is 0 Å². The summed E-state index contributed by atoms with van der Waals surface area (Å²) in [5.74, 6) is 2.12. The molecule has 0 amide bonds. The Hall–Kier alpha value is -3.24. The Bertz CT molecular complexity index is 1130. The smallest absolute Gasteiger partial charge is 0.262 e. The van der Waals surface area contributed by atoms with Gasteiger partial charge in [-0.1, -0.05) is 0 Å². The van der Waals surface area contributed by atoms with Crippen molar-refractivity contribution in [2.45, 2.75) is 26.1 Å². The number of hydrogen-bond acceptors (Lipinski definition) is 9. The van der Waals surface area contributed by atoms with Crippen molar-refractivity contribution < 1.29 is 9.47 Å². The Morgan fingerprint density at radius 2 is 1.84 bits per heavy atom. The first-order valence-corrected chi connectivity index (χ1v) is 10.9. The van der Waals surface area contributed by atoms with E-state index in [0.29, 0.717) is 29.9 Å². The van der Waals surface area contributed by atoms with Crippen LogP contribution in [0.2, 0.25) is 0 Å². The van der Waals surface area contributed by atoms with Crippen LogP contribution in [0, 0.1) is 0 Å². The minimum absolute atomic E-state index is 0.0942. The maximum absolute atomic E-state index is 12.6. The molecule has 0 spiro atoms. The van der Waals surface area contributed by atoms with Crippen LogP contribution >= 0.6 is 0 Å². The summed E-state index contributed by atoms with van der Waals surface area (Å²) in [4.78, 5) is 33.4. The van der Waals surface area contributed by atoms with Crippen LogP contribution in [-0.2, 0) is 9.47 Å². The molecular formula is C22H27N7O3. The maximum atomic E-state index is 12.6. The van der Waals surface area contributed by atoms with Gasteiger partial charge in [0.05, 0.1) is 49.1 Å². The van der Waals surface area contributed by atoms with Crippen LogP contribution in [0.15, 0.2) is 35.5 Å². The largest absolute Gasteiger partial charge is 0.378 e. The average molecular weight is 438 g/mol. The van der Waals surface area contributed by atoms with Crippen molar-refractivity contribution in [1.82, 2.24) is 19.9 Å². The SMILES string of the molecule is CC1CN(c2cc3nc[nH]c(=O)c3c(Nc3ccc(N4CCOCC4)nc3)n2)CC(C)O1. The van der Waals surface area contributed by atoms with Crippen LogP contribution in [0.1, 0.15) is 13.8 Å². The van der Waals surface area contributed by atoms with E-state index in [-0.39, 0.29) is 17.8 Å². The Balaban J connectivity index is 1.47. The molecule has 168 valence electrons. The predicted molar refractivity (Wildman–Crippen MR) is 123 cm³/mol. The molecule has 0 aromatic carbocycles. The lowest BCUT2D eigenvalue weighted by Crippen LogP contribution is -2.45. The summed E-state index contributed by atoms with van der Waals surface area (Å²) >= 11 is 0. The molecule has 3 aromatic heterocycles. The first-order valence-electron chi connectivity index (χ1n) is 10.9. The number of nitrogens with zero attached hydrogens (tertiary/aromatic N) is 5. The third-order valence-electron chi connectivity index (χ3n) is 5.70. The molecule has 0 radical (unpaired) electrons. The van der Waals surface area contributed by atoms with Crippen molar-refractivity contribution in [3.8, 4) is 0 Å². The molecule has 2 N–H and O–H groups in total. The highest BCUT2D eigenvalue weighted by molar-refractivity contribution is 5.92. The molecule has 10 heteroatoms. The predicted octanol–water partition coefficient (Wildman–Crippen LogP) is 1.91. The summed E-state index contributed by atoms with van der Waals surface area (Å²) in [5, 5.41) is 3.70. The lowest BCUT2D eigenvalue weighted by atomic mass is 10.2. The minimum Gasteiger partial charge on any atom is -0.378 e. The van der Waals surface area contributed by atoms with Crippen molar-refractivity contribution in [3.63, 3.8) is 0 Å². The Kier molecular flexibility index (Phi) is 5.62. The zero-order valence-corrected chi connectivity index (χ0v) is 18.2. The number of rotatable bonds is 4. The van der Waals surface area contributed by atoms with E-state index in [1.54, 1.807) is 6.20 Å². The first-order chi connectivity index (χ1) is 15.6. The molecule has 2 unspecified atom stereocenters. The van der Waals surface area contributed by atoms with Gasteiger partial charge in [0.2, 0.25) is 0 Å². The second-order valence-electron chi connectivity index (χ2n) is 8.25. The topological polar surface area (TPSA) is 109 Å². The quantitative estimate of drug-likeness (QED) is 0.633. The summed E-state index contributed by atoms with van der Waals surface area (Å²) in [6.45, 7) is 8.61. The molecule has 5 rings (SSSR count). The number of fused-ring (bicyclic) bond motifs is 1. The molecule has 2 saturated heterocycles. The number of pyridine rings is 2. The van der Waals surface area contributed by atoms with Crippen molar-refractivity contribution in [3.05, 3.63) is 41.1 Å². The number of aromatic amines is 1. The number of hydrogen-bond donors (Lipinski definition) is 2. The van der Waals surface area contributed by atoms with E-state index in [2.05, 4.69) is 30.1 Å². The van der Waals surface area contributed by atoms with Gasteiger partial charge < -0.3 is 29.6 Å². The molecule has 0 bridgehead atoms. The summed E-state index contributed by atoms with van der Waals surface area (Å²) in [6, 6.07) is 5.77. The third kappa shape index (κ3) is 4.23. The van der Waals surface area contributed by atoms with Crippen LogP contribution < -0.4 is 20.7 Å². The lowest BCUT2D eigenvalue weighted by molar-refractivity contribution is -0.00544. The molecule has 0 aliphatic carbocycles. The highest BCUT2D eigenvalue weighted by Crippen LogP contribution is 2.27.